The Morgan fingerprint density at radius 1 is 1.19 bits per heavy atom. The average Bonchev–Trinajstić information content (AvgIpc) is 2.51. The molecule has 2 N–H and O–H groups in total. The first-order chi connectivity index (χ1) is 10.2. The van der Waals surface area contributed by atoms with Crippen LogP contribution in [0, 0.1) is 6.92 Å². The van der Waals surface area contributed by atoms with Gasteiger partial charge in [-0.15, -0.1) is 0 Å². The number of aliphatic hydroxyl groups is 1. The summed E-state index contributed by atoms with van der Waals surface area (Å²) in [5.74, 6) is 2.83. The number of ether oxygens (including phenoxy) is 1. The lowest BCUT2D eigenvalue weighted by Gasteiger charge is -2.12. The fourth-order valence-corrected chi connectivity index (χ4v) is 2.01. The predicted molar refractivity (Wildman–Crippen MR) is 83.0 cm³/mol. The largest absolute Gasteiger partial charge is 0.439 e. The normalized spacial score (nSPS) is 10.5. The molecular formula is C16H21N3O2. The molecule has 1 aromatic heterocycles. The molecule has 0 aliphatic carbocycles. The highest BCUT2D eigenvalue weighted by atomic mass is 16.5. The Bertz CT molecular complexity index is 597. The number of aromatic nitrogens is 2. The molecule has 0 atom stereocenters. The Kier molecular flexibility index (Phi) is 5.11. The van der Waals surface area contributed by atoms with Crippen LogP contribution >= 0.6 is 0 Å². The van der Waals surface area contributed by atoms with Gasteiger partial charge in [0.15, 0.2) is 0 Å². The van der Waals surface area contributed by atoms with Crippen molar-refractivity contribution in [1.29, 1.82) is 0 Å². The van der Waals surface area contributed by atoms with Crippen molar-refractivity contribution in [3.05, 3.63) is 41.2 Å². The Morgan fingerprint density at radius 2 is 1.90 bits per heavy atom. The molecule has 5 heteroatoms. The molecule has 0 fully saturated rings. The van der Waals surface area contributed by atoms with Crippen molar-refractivity contribution in [1.82, 2.24) is 9.97 Å². The Balaban J connectivity index is 2.25. The first-order valence-corrected chi connectivity index (χ1v) is 7.10. The van der Waals surface area contributed by atoms with E-state index in [-0.39, 0.29) is 6.61 Å². The van der Waals surface area contributed by atoms with Crippen LogP contribution in [0.4, 0.5) is 5.82 Å². The predicted octanol–water partition coefficient (Wildman–Crippen LogP) is 2.72. The minimum absolute atomic E-state index is 0.149. The molecule has 0 saturated carbocycles. The second-order valence-corrected chi connectivity index (χ2v) is 4.74. The summed E-state index contributed by atoms with van der Waals surface area (Å²) in [5, 5.41) is 12.0. The third-order valence-electron chi connectivity index (χ3n) is 3.24. The summed E-state index contributed by atoms with van der Waals surface area (Å²) >= 11 is 0. The molecule has 0 aliphatic heterocycles. The number of nitrogens with zero attached hydrogens (tertiary/aromatic N) is 2. The maximum atomic E-state index is 8.92. The first kappa shape index (κ1) is 15.3. The summed E-state index contributed by atoms with van der Waals surface area (Å²) in [4.78, 5) is 8.86. The van der Waals surface area contributed by atoms with Gasteiger partial charge < -0.3 is 15.2 Å². The average molecular weight is 287 g/mol. The number of aryl methyl sites for hydroxylation is 1. The summed E-state index contributed by atoms with van der Waals surface area (Å²) in [6.45, 7) is 4.09. The van der Waals surface area contributed by atoms with Crippen molar-refractivity contribution < 1.29 is 9.84 Å². The van der Waals surface area contributed by atoms with E-state index >= 15 is 0 Å². The van der Waals surface area contributed by atoms with Crippen molar-refractivity contribution in [2.24, 2.45) is 0 Å². The van der Waals surface area contributed by atoms with E-state index < -0.39 is 0 Å². The van der Waals surface area contributed by atoms with Crippen LogP contribution in [0.1, 0.15) is 23.9 Å². The number of aliphatic hydroxyl groups excluding tert-OH is 1. The molecule has 0 radical (unpaired) electrons. The first-order valence-electron chi connectivity index (χ1n) is 7.10. The van der Waals surface area contributed by atoms with E-state index in [2.05, 4.69) is 15.3 Å². The Morgan fingerprint density at radius 3 is 2.48 bits per heavy atom. The molecule has 0 unspecified atom stereocenters. The molecule has 21 heavy (non-hydrogen) atoms. The number of hydrogen-bond donors (Lipinski definition) is 2. The van der Waals surface area contributed by atoms with E-state index in [0.29, 0.717) is 12.3 Å². The van der Waals surface area contributed by atoms with Gasteiger partial charge >= 0.3 is 0 Å². The zero-order valence-electron chi connectivity index (χ0n) is 12.7. The van der Waals surface area contributed by atoms with E-state index in [0.717, 1.165) is 34.9 Å². The van der Waals surface area contributed by atoms with Crippen molar-refractivity contribution in [2.75, 3.05) is 19.0 Å². The van der Waals surface area contributed by atoms with Gasteiger partial charge in [0.05, 0.1) is 5.56 Å². The van der Waals surface area contributed by atoms with Crippen LogP contribution in [0.5, 0.6) is 11.6 Å². The van der Waals surface area contributed by atoms with Gasteiger partial charge in [0, 0.05) is 20.1 Å². The molecule has 0 saturated heterocycles. The summed E-state index contributed by atoms with van der Waals surface area (Å²) in [7, 11) is 1.84. The van der Waals surface area contributed by atoms with Gasteiger partial charge in [-0.1, -0.05) is 19.1 Å². The molecule has 0 bridgehead atoms. The van der Waals surface area contributed by atoms with E-state index in [4.69, 9.17) is 9.84 Å². The van der Waals surface area contributed by atoms with Crippen molar-refractivity contribution in [2.45, 2.75) is 26.7 Å². The summed E-state index contributed by atoms with van der Waals surface area (Å²) in [6.07, 6.45) is 1.40. The standard InChI is InChI=1S/C16H21N3O2/c1-4-14-18-15(17-3)11(2)16(19-14)21-13-7-5-12(6-8-13)9-10-20/h5-8,20H,4,9-10H2,1-3H3,(H,17,18,19). The molecule has 1 heterocycles. The minimum atomic E-state index is 0.149. The van der Waals surface area contributed by atoms with E-state index in [1.54, 1.807) is 0 Å². The molecule has 1 aromatic carbocycles. The molecule has 2 aromatic rings. The highest BCUT2D eigenvalue weighted by Gasteiger charge is 2.11. The quantitative estimate of drug-likeness (QED) is 0.855. The van der Waals surface area contributed by atoms with Gasteiger partial charge in [-0.3, -0.25) is 0 Å². The lowest BCUT2D eigenvalue weighted by molar-refractivity contribution is 0.299. The molecule has 0 amide bonds. The highest BCUT2D eigenvalue weighted by Crippen LogP contribution is 2.27. The van der Waals surface area contributed by atoms with Crippen LogP contribution in [-0.2, 0) is 12.8 Å². The van der Waals surface area contributed by atoms with E-state index in [1.807, 2.05) is 45.2 Å². The van der Waals surface area contributed by atoms with Gasteiger partial charge in [0.25, 0.3) is 0 Å². The van der Waals surface area contributed by atoms with Gasteiger partial charge in [-0.05, 0) is 31.0 Å². The maximum Gasteiger partial charge on any atom is 0.227 e. The summed E-state index contributed by atoms with van der Waals surface area (Å²) < 4.78 is 5.87. The third kappa shape index (κ3) is 3.70. The number of hydrogen-bond acceptors (Lipinski definition) is 5. The zero-order chi connectivity index (χ0) is 15.2. The lowest BCUT2D eigenvalue weighted by atomic mass is 10.1. The molecule has 112 valence electrons. The number of anilines is 1. The topological polar surface area (TPSA) is 67.3 Å². The van der Waals surface area contributed by atoms with Gasteiger partial charge in [-0.25, -0.2) is 4.98 Å². The van der Waals surface area contributed by atoms with Crippen molar-refractivity contribution in [3.8, 4) is 11.6 Å². The third-order valence-corrected chi connectivity index (χ3v) is 3.24. The highest BCUT2D eigenvalue weighted by molar-refractivity contribution is 5.49. The SMILES string of the molecule is CCc1nc(NC)c(C)c(Oc2ccc(CCO)cc2)n1. The molecular weight excluding hydrogens is 266 g/mol. The van der Waals surface area contributed by atoms with Gasteiger partial charge in [0.2, 0.25) is 5.88 Å². The smallest absolute Gasteiger partial charge is 0.227 e. The summed E-state index contributed by atoms with van der Waals surface area (Å²) in [6, 6.07) is 7.66. The number of nitrogens with one attached hydrogen (secondary N) is 1. The van der Waals surface area contributed by atoms with Crippen LogP contribution in [0.3, 0.4) is 0 Å². The molecule has 2 rings (SSSR count). The lowest BCUT2D eigenvalue weighted by Crippen LogP contribution is -2.04. The van der Waals surface area contributed by atoms with Crippen LogP contribution in [0.15, 0.2) is 24.3 Å². The fraction of sp³-hybridized carbons (Fsp3) is 0.375. The van der Waals surface area contributed by atoms with E-state index in [1.165, 1.54) is 0 Å². The fourth-order valence-electron chi connectivity index (χ4n) is 2.01. The van der Waals surface area contributed by atoms with E-state index in [9.17, 15) is 0 Å². The van der Waals surface area contributed by atoms with Crippen LogP contribution in [0.2, 0.25) is 0 Å². The monoisotopic (exact) mass is 287 g/mol. The number of rotatable bonds is 6. The molecule has 5 nitrogen and oxygen atoms in total. The van der Waals surface area contributed by atoms with Crippen LogP contribution in [-0.4, -0.2) is 28.7 Å². The minimum Gasteiger partial charge on any atom is -0.439 e. The summed E-state index contributed by atoms with van der Waals surface area (Å²) in [5.41, 5.74) is 1.96. The Hall–Kier alpha value is -2.14. The maximum absolute atomic E-state index is 8.92. The van der Waals surface area contributed by atoms with Crippen LogP contribution in [0.25, 0.3) is 0 Å². The molecule has 0 spiro atoms. The van der Waals surface area contributed by atoms with Crippen molar-refractivity contribution in [3.63, 3.8) is 0 Å². The second kappa shape index (κ2) is 7.04. The van der Waals surface area contributed by atoms with Gasteiger partial charge in [-0.2, -0.15) is 4.98 Å². The molecule has 0 aliphatic rings. The van der Waals surface area contributed by atoms with Gasteiger partial charge in [0.1, 0.15) is 17.4 Å². The Labute approximate surface area is 125 Å². The number of benzene rings is 1. The van der Waals surface area contributed by atoms with Crippen LogP contribution < -0.4 is 10.1 Å². The zero-order valence-corrected chi connectivity index (χ0v) is 12.7. The van der Waals surface area contributed by atoms with Crippen molar-refractivity contribution >= 4 is 5.82 Å². The second-order valence-electron chi connectivity index (χ2n) is 4.74.